The molecule has 0 aliphatic carbocycles. The van der Waals surface area contributed by atoms with Crippen molar-refractivity contribution in [1.82, 2.24) is 4.98 Å². The van der Waals surface area contributed by atoms with Gasteiger partial charge in [-0.2, -0.15) is 0 Å². The van der Waals surface area contributed by atoms with Gasteiger partial charge < -0.3 is 13.6 Å². The lowest BCUT2D eigenvalue weighted by atomic mass is 10.1. The van der Waals surface area contributed by atoms with Gasteiger partial charge in [-0.3, -0.25) is 0 Å². The number of ether oxygens (including phenoxy) is 1. The Labute approximate surface area is 149 Å². The number of hydrogen-bond donors (Lipinski definition) is 0. The van der Waals surface area contributed by atoms with E-state index < -0.39 is 0 Å². The Morgan fingerprint density at radius 1 is 1.00 bits per heavy atom. The zero-order valence-corrected chi connectivity index (χ0v) is 14.5. The van der Waals surface area contributed by atoms with Crippen molar-refractivity contribution in [2.45, 2.75) is 20.5 Å². The van der Waals surface area contributed by atoms with Gasteiger partial charge in [-0.15, -0.1) is 0 Å². The first-order valence-electron chi connectivity index (χ1n) is 8.29. The van der Waals surface area contributed by atoms with E-state index in [1.807, 2.05) is 56.3 Å². The number of oxazole rings is 1. The quantitative estimate of drug-likeness (QED) is 0.503. The van der Waals surface area contributed by atoms with Gasteiger partial charge in [-0.05, 0) is 43.7 Å². The normalized spacial score (nSPS) is 11.0. The maximum atomic E-state index is 11.5. The van der Waals surface area contributed by atoms with E-state index in [0.29, 0.717) is 23.0 Å². The summed E-state index contributed by atoms with van der Waals surface area (Å²) in [5.41, 5.74) is 2.67. The second-order valence-corrected chi connectivity index (χ2v) is 6.08. The molecule has 4 aromatic rings. The Morgan fingerprint density at radius 2 is 1.81 bits per heavy atom. The van der Waals surface area contributed by atoms with E-state index in [1.165, 1.54) is 6.07 Å². The van der Waals surface area contributed by atoms with Gasteiger partial charge in [-0.25, -0.2) is 9.78 Å². The molecule has 0 aliphatic heterocycles. The van der Waals surface area contributed by atoms with Gasteiger partial charge in [0.05, 0.1) is 0 Å². The number of fused-ring (bicyclic) bond motifs is 1. The fourth-order valence-corrected chi connectivity index (χ4v) is 2.81. The summed E-state index contributed by atoms with van der Waals surface area (Å²) in [5, 5.41) is 0.890. The van der Waals surface area contributed by atoms with Gasteiger partial charge in [0.15, 0.2) is 0 Å². The lowest BCUT2D eigenvalue weighted by Gasteiger charge is -2.06. The third kappa shape index (κ3) is 3.11. The predicted molar refractivity (Wildman–Crippen MR) is 98.2 cm³/mol. The first-order chi connectivity index (χ1) is 12.6. The molecule has 0 aliphatic rings. The van der Waals surface area contributed by atoms with Crippen LogP contribution in [0.15, 0.2) is 68.2 Å². The summed E-state index contributed by atoms with van der Waals surface area (Å²) >= 11 is 0. The van der Waals surface area contributed by atoms with Gasteiger partial charge in [0.1, 0.15) is 29.4 Å². The molecule has 0 amide bonds. The van der Waals surface area contributed by atoms with Crippen molar-refractivity contribution in [3.05, 3.63) is 82.0 Å². The fourth-order valence-electron chi connectivity index (χ4n) is 2.81. The molecule has 0 spiro atoms. The summed E-state index contributed by atoms with van der Waals surface area (Å²) in [6.07, 6.45) is 0. The third-order valence-electron chi connectivity index (χ3n) is 4.21. The van der Waals surface area contributed by atoms with E-state index in [9.17, 15) is 4.79 Å². The Morgan fingerprint density at radius 3 is 2.62 bits per heavy atom. The van der Waals surface area contributed by atoms with Crippen molar-refractivity contribution in [3.8, 4) is 17.2 Å². The summed E-state index contributed by atoms with van der Waals surface area (Å²) in [7, 11) is 0. The number of hydrogen-bond acceptors (Lipinski definition) is 5. The van der Waals surface area contributed by atoms with Gasteiger partial charge in [0.25, 0.3) is 0 Å². The molecule has 0 fully saturated rings. The van der Waals surface area contributed by atoms with E-state index >= 15 is 0 Å². The van der Waals surface area contributed by atoms with E-state index in [0.717, 1.165) is 22.2 Å². The Hall–Kier alpha value is -3.34. The van der Waals surface area contributed by atoms with Crippen molar-refractivity contribution in [1.29, 1.82) is 0 Å². The van der Waals surface area contributed by atoms with Crippen molar-refractivity contribution in [2.24, 2.45) is 0 Å². The van der Waals surface area contributed by atoms with Crippen molar-refractivity contribution < 1.29 is 13.6 Å². The maximum Gasteiger partial charge on any atom is 0.336 e. The summed E-state index contributed by atoms with van der Waals surface area (Å²) in [5.74, 6) is 1.89. The Kier molecular flexibility index (Phi) is 4.05. The molecule has 0 bridgehead atoms. The predicted octanol–water partition coefficient (Wildman–Crippen LogP) is 4.64. The van der Waals surface area contributed by atoms with Crippen LogP contribution >= 0.6 is 0 Å². The van der Waals surface area contributed by atoms with Crippen LogP contribution in [0, 0.1) is 13.8 Å². The summed E-state index contributed by atoms with van der Waals surface area (Å²) < 4.78 is 16.8. The highest BCUT2D eigenvalue weighted by atomic mass is 16.5. The lowest BCUT2D eigenvalue weighted by Crippen LogP contribution is -2.00. The smallest absolute Gasteiger partial charge is 0.336 e. The van der Waals surface area contributed by atoms with Crippen LogP contribution < -0.4 is 10.4 Å². The molecule has 5 nitrogen and oxygen atoms in total. The van der Waals surface area contributed by atoms with Crippen LogP contribution in [-0.2, 0) is 6.61 Å². The van der Waals surface area contributed by atoms with Gasteiger partial charge in [0, 0.05) is 23.1 Å². The Balaban J connectivity index is 1.57. The number of aryl methyl sites for hydroxylation is 2. The molecular formula is C21H17NO4. The topological polar surface area (TPSA) is 65.5 Å². The SMILES string of the molecule is Cc1oc(-c2ccccc2)nc1COc1ccc2c(C)cc(=O)oc2c1. The molecule has 0 unspecified atom stereocenters. The van der Waals surface area contributed by atoms with Gasteiger partial charge in [0.2, 0.25) is 5.89 Å². The van der Waals surface area contributed by atoms with Crippen LogP contribution in [0.25, 0.3) is 22.4 Å². The molecule has 2 heterocycles. The minimum Gasteiger partial charge on any atom is -0.487 e. The summed E-state index contributed by atoms with van der Waals surface area (Å²) in [6, 6.07) is 16.7. The first-order valence-corrected chi connectivity index (χ1v) is 8.29. The molecule has 0 N–H and O–H groups in total. The molecule has 2 aromatic heterocycles. The van der Waals surface area contributed by atoms with Crippen LogP contribution in [0.3, 0.4) is 0 Å². The second kappa shape index (κ2) is 6.52. The summed E-state index contributed by atoms with van der Waals surface area (Å²) in [6.45, 7) is 4.01. The highest BCUT2D eigenvalue weighted by Crippen LogP contribution is 2.25. The fraction of sp³-hybridized carbons (Fsp3) is 0.143. The molecule has 26 heavy (non-hydrogen) atoms. The van der Waals surface area contributed by atoms with Crippen LogP contribution in [0.4, 0.5) is 0 Å². The number of rotatable bonds is 4. The van der Waals surface area contributed by atoms with Crippen LogP contribution in [-0.4, -0.2) is 4.98 Å². The van der Waals surface area contributed by atoms with Crippen molar-refractivity contribution >= 4 is 11.0 Å². The molecule has 5 heteroatoms. The molecule has 4 rings (SSSR count). The van der Waals surface area contributed by atoms with Crippen molar-refractivity contribution in [3.63, 3.8) is 0 Å². The minimum absolute atomic E-state index is 0.268. The van der Waals surface area contributed by atoms with E-state index in [2.05, 4.69) is 4.98 Å². The molecule has 0 radical (unpaired) electrons. The standard InChI is InChI=1S/C21H17NO4/c1-13-10-20(23)26-19-11-16(8-9-17(13)19)24-12-18-14(2)25-21(22-18)15-6-4-3-5-7-15/h3-11H,12H2,1-2H3. The largest absolute Gasteiger partial charge is 0.487 e. The second-order valence-electron chi connectivity index (χ2n) is 6.08. The molecule has 2 aromatic carbocycles. The highest BCUT2D eigenvalue weighted by molar-refractivity contribution is 5.81. The third-order valence-corrected chi connectivity index (χ3v) is 4.21. The van der Waals surface area contributed by atoms with Crippen LogP contribution in [0.2, 0.25) is 0 Å². The number of nitrogens with zero attached hydrogens (tertiary/aromatic N) is 1. The number of aromatic nitrogens is 1. The van der Waals surface area contributed by atoms with E-state index in [4.69, 9.17) is 13.6 Å². The van der Waals surface area contributed by atoms with E-state index in [-0.39, 0.29) is 12.2 Å². The average molecular weight is 347 g/mol. The molecule has 130 valence electrons. The molecule has 0 saturated heterocycles. The van der Waals surface area contributed by atoms with Crippen molar-refractivity contribution in [2.75, 3.05) is 0 Å². The van der Waals surface area contributed by atoms with Gasteiger partial charge in [-0.1, -0.05) is 18.2 Å². The summed E-state index contributed by atoms with van der Waals surface area (Å²) in [4.78, 5) is 16.1. The maximum absolute atomic E-state index is 11.5. The Bertz CT molecular complexity index is 1130. The van der Waals surface area contributed by atoms with Crippen LogP contribution in [0.5, 0.6) is 5.75 Å². The minimum atomic E-state index is -0.369. The zero-order valence-electron chi connectivity index (χ0n) is 14.5. The van der Waals surface area contributed by atoms with Gasteiger partial charge >= 0.3 is 5.63 Å². The van der Waals surface area contributed by atoms with E-state index in [1.54, 1.807) is 6.07 Å². The lowest BCUT2D eigenvalue weighted by molar-refractivity contribution is 0.299. The highest BCUT2D eigenvalue weighted by Gasteiger charge is 2.12. The average Bonchev–Trinajstić information content (AvgIpc) is 3.01. The zero-order chi connectivity index (χ0) is 18.1. The monoisotopic (exact) mass is 347 g/mol. The first kappa shape index (κ1) is 16.1. The molecular weight excluding hydrogens is 330 g/mol. The number of benzene rings is 2. The van der Waals surface area contributed by atoms with Crippen LogP contribution in [0.1, 0.15) is 17.0 Å². The molecule has 0 saturated carbocycles. The molecule has 0 atom stereocenters.